The van der Waals surface area contributed by atoms with Gasteiger partial charge in [0.05, 0.1) is 24.4 Å². The average Bonchev–Trinajstić information content (AvgIpc) is 3.17. The second-order valence-electron chi connectivity index (χ2n) is 11.2. The van der Waals surface area contributed by atoms with Crippen molar-refractivity contribution in [1.29, 1.82) is 0 Å². The number of piperidine rings is 1. The summed E-state index contributed by atoms with van der Waals surface area (Å²) in [5.74, 6) is 0.768. The predicted octanol–water partition coefficient (Wildman–Crippen LogP) is 5.34. The minimum absolute atomic E-state index is 0.00895. The Balaban J connectivity index is 1.29. The molecule has 1 amide bonds. The Hall–Kier alpha value is -1.80. The van der Waals surface area contributed by atoms with Gasteiger partial charge < -0.3 is 14.8 Å². The largest absolute Gasteiger partial charge is 0.376 e. The van der Waals surface area contributed by atoms with Crippen molar-refractivity contribution in [2.75, 3.05) is 38.2 Å². The molecule has 0 unspecified atom stereocenters. The number of nitrogens with one attached hydrogen (secondary N) is 1. The van der Waals surface area contributed by atoms with Gasteiger partial charge in [-0.25, -0.2) is 9.37 Å². The maximum absolute atomic E-state index is 14.5. The zero-order valence-corrected chi connectivity index (χ0v) is 21.5. The smallest absolute Gasteiger partial charge is 0.228 e. The van der Waals surface area contributed by atoms with E-state index >= 15 is 0 Å². The van der Waals surface area contributed by atoms with Gasteiger partial charge in [-0.05, 0) is 94.6 Å². The van der Waals surface area contributed by atoms with E-state index in [1.54, 1.807) is 6.20 Å². The van der Waals surface area contributed by atoms with Gasteiger partial charge in [0, 0.05) is 29.1 Å². The van der Waals surface area contributed by atoms with Crippen LogP contribution in [0.2, 0.25) is 5.02 Å². The molecule has 0 saturated carbocycles. The number of hydrogen-bond donors (Lipinski definition) is 1. The number of carbonyl (C=O) groups is 1. The SMILES string of the molecule is CC1(C)C[C@@H](C(=O)Nc2cc3cc(C4CCN([C@]5(C)COC[C@@H]5F)CC4)c(Cl)cc3cn2)CCO1. The van der Waals surface area contributed by atoms with Gasteiger partial charge in [-0.3, -0.25) is 9.69 Å². The van der Waals surface area contributed by atoms with Crippen molar-refractivity contribution in [3.05, 3.63) is 35.0 Å². The molecule has 5 rings (SSSR count). The molecule has 190 valence electrons. The highest BCUT2D eigenvalue weighted by atomic mass is 35.5. The van der Waals surface area contributed by atoms with Crippen LogP contribution in [0.25, 0.3) is 10.8 Å². The van der Waals surface area contributed by atoms with Crippen molar-refractivity contribution in [3.63, 3.8) is 0 Å². The van der Waals surface area contributed by atoms with E-state index in [1.165, 1.54) is 0 Å². The van der Waals surface area contributed by atoms with Gasteiger partial charge in [0.1, 0.15) is 12.0 Å². The number of halogens is 2. The number of pyridine rings is 1. The first kappa shape index (κ1) is 24.9. The Labute approximate surface area is 211 Å². The summed E-state index contributed by atoms with van der Waals surface area (Å²) in [7, 11) is 0. The molecule has 3 saturated heterocycles. The van der Waals surface area contributed by atoms with Crippen molar-refractivity contribution in [2.24, 2.45) is 5.92 Å². The zero-order chi connectivity index (χ0) is 24.8. The third kappa shape index (κ3) is 5.06. The van der Waals surface area contributed by atoms with Gasteiger partial charge in [-0.15, -0.1) is 0 Å². The molecule has 8 heteroatoms. The van der Waals surface area contributed by atoms with Crippen LogP contribution in [-0.2, 0) is 14.3 Å². The second-order valence-corrected chi connectivity index (χ2v) is 11.6. The van der Waals surface area contributed by atoms with Gasteiger partial charge in [0.2, 0.25) is 5.91 Å². The van der Waals surface area contributed by atoms with E-state index in [0.29, 0.717) is 31.4 Å². The van der Waals surface area contributed by atoms with Crippen LogP contribution in [-0.4, -0.2) is 66.0 Å². The second kappa shape index (κ2) is 9.58. The number of benzene rings is 1. The van der Waals surface area contributed by atoms with Gasteiger partial charge in [0.25, 0.3) is 0 Å². The predicted molar refractivity (Wildman–Crippen MR) is 136 cm³/mol. The first-order valence-corrected chi connectivity index (χ1v) is 13.0. The summed E-state index contributed by atoms with van der Waals surface area (Å²) in [4.78, 5) is 19.6. The number of carbonyl (C=O) groups excluding carboxylic acids is 1. The number of hydrogen-bond acceptors (Lipinski definition) is 5. The highest BCUT2D eigenvalue weighted by molar-refractivity contribution is 6.32. The number of aromatic nitrogens is 1. The molecular weight excluding hydrogens is 469 g/mol. The number of alkyl halides is 1. The summed E-state index contributed by atoms with van der Waals surface area (Å²) >= 11 is 6.70. The highest BCUT2D eigenvalue weighted by Gasteiger charge is 2.46. The lowest BCUT2D eigenvalue weighted by atomic mass is 9.85. The molecular formula is C27H35ClFN3O3. The Morgan fingerprint density at radius 3 is 2.63 bits per heavy atom. The molecule has 0 bridgehead atoms. The molecule has 4 heterocycles. The summed E-state index contributed by atoms with van der Waals surface area (Å²) in [6.07, 6.45) is 4.06. The molecule has 1 aromatic carbocycles. The number of nitrogens with zero attached hydrogens (tertiary/aromatic N) is 2. The normalized spacial score (nSPS) is 30.0. The van der Waals surface area contributed by atoms with Gasteiger partial charge in [0.15, 0.2) is 0 Å². The Kier molecular flexibility index (Phi) is 6.81. The molecule has 3 aliphatic heterocycles. The maximum Gasteiger partial charge on any atom is 0.228 e. The topological polar surface area (TPSA) is 63.7 Å². The van der Waals surface area contributed by atoms with Gasteiger partial charge >= 0.3 is 0 Å². The Morgan fingerprint density at radius 2 is 1.94 bits per heavy atom. The summed E-state index contributed by atoms with van der Waals surface area (Å²) in [5, 5.41) is 5.69. The molecule has 0 aliphatic carbocycles. The molecule has 3 aliphatic rings. The van der Waals surface area contributed by atoms with E-state index in [1.807, 2.05) is 32.9 Å². The van der Waals surface area contributed by atoms with Crippen LogP contribution in [0.5, 0.6) is 0 Å². The number of rotatable bonds is 4. The molecule has 3 atom stereocenters. The van der Waals surface area contributed by atoms with Gasteiger partial charge in [-0.1, -0.05) is 11.6 Å². The Bertz CT molecular complexity index is 1100. The molecule has 3 fully saturated rings. The lowest BCUT2D eigenvalue weighted by Crippen LogP contribution is -2.55. The summed E-state index contributed by atoms with van der Waals surface area (Å²) in [6.45, 7) is 8.88. The van der Waals surface area contributed by atoms with Crippen LogP contribution in [0.3, 0.4) is 0 Å². The summed E-state index contributed by atoms with van der Waals surface area (Å²) < 4.78 is 25.6. The average molecular weight is 504 g/mol. The Morgan fingerprint density at radius 1 is 1.17 bits per heavy atom. The van der Waals surface area contributed by atoms with E-state index in [-0.39, 0.29) is 24.0 Å². The van der Waals surface area contributed by atoms with Crippen LogP contribution >= 0.6 is 11.6 Å². The molecule has 0 spiro atoms. The van der Waals surface area contributed by atoms with Crippen molar-refractivity contribution in [1.82, 2.24) is 9.88 Å². The zero-order valence-electron chi connectivity index (χ0n) is 20.8. The van der Waals surface area contributed by atoms with E-state index in [2.05, 4.69) is 21.3 Å². The molecule has 1 N–H and O–H groups in total. The van der Waals surface area contributed by atoms with Crippen molar-refractivity contribution < 1.29 is 18.7 Å². The van der Waals surface area contributed by atoms with E-state index in [9.17, 15) is 9.18 Å². The quantitative estimate of drug-likeness (QED) is 0.610. The minimum atomic E-state index is -0.948. The lowest BCUT2D eigenvalue weighted by Gasteiger charge is -2.43. The third-order valence-corrected chi connectivity index (χ3v) is 8.47. The number of amides is 1. The van der Waals surface area contributed by atoms with Crippen LogP contribution in [0.1, 0.15) is 57.9 Å². The monoisotopic (exact) mass is 503 g/mol. The van der Waals surface area contributed by atoms with Crippen LogP contribution in [0.15, 0.2) is 24.4 Å². The first-order valence-electron chi connectivity index (χ1n) is 12.7. The van der Waals surface area contributed by atoms with Crippen molar-refractivity contribution in [3.8, 4) is 0 Å². The molecule has 6 nitrogen and oxygen atoms in total. The lowest BCUT2D eigenvalue weighted by molar-refractivity contribution is -0.130. The summed E-state index contributed by atoms with van der Waals surface area (Å²) in [6, 6.07) is 6.02. The van der Waals surface area contributed by atoms with E-state index < -0.39 is 11.7 Å². The first-order chi connectivity index (χ1) is 16.6. The minimum Gasteiger partial charge on any atom is -0.376 e. The third-order valence-electron chi connectivity index (χ3n) is 8.15. The number of ether oxygens (including phenoxy) is 2. The van der Waals surface area contributed by atoms with Gasteiger partial charge in [-0.2, -0.15) is 0 Å². The number of likely N-dealkylation sites (tertiary alicyclic amines) is 1. The van der Waals surface area contributed by atoms with Crippen LogP contribution < -0.4 is 5.32 Å². The van der Waals surface area contributed by atoms with E-state index in [0.717, 1.165) is 53.7 Å². The number of anilines is 1. The van der Waals surface area contributed by atoms with Crippen molar-refractivity contribution >= 4 is 34.1 Å². The highest BCUT2D eigenvalue weighted by Crippen LogP contribution is 2.39. The molecule has 35 heavy (non-hydrogen) atoms. The fourth-order valence-corrected chi connectivity index (χ4v) is 6.20. The summed E-state index contributed by atoms with van der Waals surface area (Å²) in [5.41, 5.74) is 0.292. The van der Waals surface area contributed by atoms with E-state index in [4.69, 9.17) is 21.1 Å². The molecule has 2 aromatic rings. The fourth-order valence-electron chi connectivity index (χ4n) is 5.88. The number of fused-ring (bicyclic) bond motifs is 1. The maximum atomic E-state index is 14.5. The molecule has 1 aromatic heterocycles. The van der Waals surface area contributed by atoms with Crippen LogP contribution in [0, 0.1) is 5.92 Å². The van der Waals surface area contributed by atoms with Crippen molar-refractivity contribution in [2.45, 2.75) is 69.7 Å². The van der Waals surface area contributed by atoms with Crippen LogP contribution in [0.4, 0.5) is 10.2 Å². The standard InChI is InChI=1S/C27H35ClFN3O3/c1-26(2)13-18(6-9-35-26)25(33)31-24-12-19-10-21(22(28)11-20(19)14-30-24)17-4-7-32(8-5-17)27(3)16-34-15-23(27)29/h10-12,14,17-18,23H,4-9,13,15-16H2,1-3H3,(H,30,31,33)/t18-,23-,27+/m0/s1. The molecule has 0 radical (unpaired) electrons. The fraction of sp³-hybridized carbons (Fsp3) is 0.630.